The summed E-state index contributed by atoms with van der Waals surface area (Å²) in [6.45, 7) is 1.75. The van der Waals surface area contributed by atoms with Gasteiger partial charge in [0.15, 0.2) is 0 Å². The van der Waals surface area contributed by atoms with E-state index in [2.05, 4.69) is 5.32 Å². The monoisotopic (exact) mass is 276 g/mol. The molecule has 4 N–H and O–H groups in total. The Morgan fingerprint density at radius 1 is 1.40 bits per heavy atom. The van der Waals surface area contributed by atoms with E-state index in [-0.39, 0.29) is 18.2 Å². The summed E-state index contributed by atoms with van der Waals surface area (Å²) in [5.74, 6) is -0.816. The van der Waals surface area contributed by atoms with E-state index in [1.54, 1.807) is 13.0 Å². The Morgan fingerprint density at radius 2 is 2.05 bits per heavy atom. The number of nitrogens with two attached hydrogens (primary N) is 1. The quantitative estimate of drug-likeness (QED) is 0.738. The van der Waals surface area contributed by atoms with Gasteiger partial charge in [0, 0.05) is 12.1 Å². The normalized spacial score (nSPS) is 17.3. The van der Waals surface area contributed by atoms with Crippen molar-refractivity contribution < 1.29 is 14.7 Å². The fraction of sp³-hybridized carbons (Fsp3) is 0.467. The van der Waals surface area contributed by atoms with Crippen molar-refractivity contribution in [3.63, 3.8) is 0 Å². The minimum absolute atomic E-state index is 0.0371. The number of amides is 1. The summed E-state index contributed by atoms with van der Waals surface area (Å²) in [5.41, 5.74) is 6.68. The molecular formula is C15H20N2O3. The Balaban J connectivity index is 2.08. The summed E-state index contributed by atoms with van der Waals surface area (Å²) in [5, 5.41) is 11.6. The first-order chi connectivity index (χ1) is 9.41. The second kappa shape index (κ2) is 5.63. The molecule has 0 radical (unpaired) electrons. The molecule has 108 valence electrons. The van der Waals surface area contributed by atoms with Crippen LogP contribution in [0.3, 0.4) is 0 Å². The Kier molecular flexibility index (Phi) is 4.09. The minimum atomic E-state index is -0.861. The Labute approximate surface area is 118 Å². The van der Waals surface area contributed by atoms with Crippen molar-refractivity contribution in [1.29, 1.82) is 0 Å². The highest BCUT2D eigenvalue weighted by Gasteiger charge is 2.44. The lowest BCUT2D eigenvalue weighted by atomic mass is 9.95. The second-order valence-corrected chi connectivity index (χ2v) is 5.56. The average molecular weight is 276 g/mol. The average Bonchev–Trinajstić information content (AvgIpc) is 3.22. The summed E-state index contributed by atoms with van der Waals surface area (Å²) in [6.07, 6.45) is 2.40. The number of carbonyl (C=O) groups is 2. The molecule has 2 rings (SSSR count). The molecule has 0 aromatic heterocycles. The van der Waals surface area contributed by atoms with Crippen LogP contribution in [0.4, 0.5) is 5.69 Å². The van der Waals surface area contributed by atoms with E-state index in [4.69, 9.17) is 10.8 Å². The van der Waals surface area contributed by atoms with Crippen molar-refractivity contribution in [3.8, 4) is 0 Å². The Morgan fingerprint density at radius 3 is 2.65 bits per heavy atom. The molecule has 5 nitrogen and oxygen atoms in total. The van der Waals surface area contributed by atoms with Crippen LogP contribution in [0.15, 0.2) is 24.3 Å². The maximum Gasteiger partial charge on any atom is 0.303 e. The van der Waals surface area contributed by atoms with Gasteiger partial charge in [-0.05, 0) is 43.7 Å². The molecule has 1 aliphatic rings. The molecule has 1 atom stereocenters. The summed E-state index contributed by atoms with van der Waals surface area (Å²) in [4.78, 5) is 22.9. The Hall–Kier alpha value is -1.88. The number of aryl methyl sites for hydroxylation is 1. The largest absolute Gasteiger partial charge is 0.481 e. The number of aliphatic carboxylic acids is 1. The van der Waals surface area contributed by atoms with Gasteiger partial charge in [-0.15, -0.1) is 0 Å². The van der Waals surface area contributed by atoms with E-state index in [0.717, 1.165) is 18.4 Å². The van der Waals surface area contributed by atoms with Crippen LogP contribution in [0.5, 0.6) is 0 Å². The van der Waals surface area contributed by atoms with Gasteiger partial charge in [0.2, 0.25) is 5.91 Å². The summed E-state index contributed by atoms with van der Waals surface area (Å²) in [6, 6.07) is 7.24. The lowest BCUT2D eigenvalue weighted by Gasteiger charge is -2.24. The molecule has 1 amide bonds. The van der Waals surface area contributed by atoms with E-state index in [1.807, 2.05) is 18.2 Å². The maximum atomic E-state index is 12.3. The third-order valence-electron chi connectivity index (χ3n) is 3.79. The zero-order valence-corrected chi connectivity index (χ0v) is 11.6. The first-order valence-corrected chi connectivity index (χ1v) is 6.81. The second-order valence-electron chi connectivity index (χ2n) is 5.56. The molecule has 0 bridgehead atoms. The number of nitrogens with one attached hydrogen (secondary N) is 1. The number of carboxylic acid groups (broad SMARTS) is 1. The van der Waals surface area contributed by atoms with E-state index in [1.165, 1.54) is 0 Å². The summed E-state index contributed by atoms with van der Waals surface area (Å²) < 4.78 is 0. The molecule has 5 heteroatoms. The molecule has 1 unspecified atom stereocenters. The lowest BCUT2D eigenvalue weighted by Crippen LogP contribution is -2.50. The molecule has 1 aromatic rings. The number of para-hydroxylation sites is 1. The molecule has 0 aliphatic heterocycles. The molecule has 1 aromatic carbocycles. The highest BCUT2D eigenvalue weighted by Crippen LogP contribution is 2.38. The summed E-state index contributed by atoms with van der Waals surface area (Å²) >= 11 is 0. The van der Waals surface area contributed by atoms with Gasteiger partial charge >= 0.3 is 5.97 Å². The van der Waals surface area contributed by atoms with Crippen molar-refractivity contribution in [1.82, 2.24) is 0 Å². The molecule has 1 aliphatic carbocycles. The Bertz CT molecular complexity index is 522. The van der Waals surface area contributed by atoms with Crippen molar-refractivity contribution >= 4 is 17.6 Å². The highest BCUT2D eigenvalue weighted by atomic mass is 16.4. The number of hydrogen-bond donors (Lipinski definition) is 3. The van der Waals surface area contributed by atoms with E-state index in [0.29, 0.717) is 12.1 Å². The van der Waals surface area contributed by atoms with Crippen LogP contribution in [0.25, 0.3) is 0 Å². The van der Waals surface area contributed by atoms with Gasteiger partial charge in [-0.3, -0.25) is 9.59 Å². The van der Waals surface area contributed by atoms with Crippen LogP contribution in [0, 0.1) is 5.92 Å². The predicted octanol–water partition coefficient (Wildman–Crippen LogP) is 1.77. The molecular weight excluding hydrogens is 256 g/mol. The minimum Gasteiger partial charge on any atom is -0.481 e. The number of hydrogen-bond acceptors (Lipinski definition) is 3. The van der Waals surface area contributed by atoms with Gasteiger partial charge in [0.25, 0.3) is 0 Å². The molecule has 0 spiro atoms. The van der Waals surface area contributed by atoms with E-state index in [9.17, 15) is 9.59 Å². The van der Waals surface area contributed by atoms with Crippen molar-refractivity contribution in [3.05, 3.63) is 29.8 Å². The fourth-order valence-electron chi connectivity index (χ4n) is 2.23. The van der Waals surface area contributed by atoms with Crippen LogP contribution in [0.2, 0.25) is 0 Å². The first-order valence-electron chi connectivity index (χ1n) is 6.81. The smallest absolute Gasteiger partial charge is 0.303 e. The predicted molar refractivity (Wildman–Crippen MR) is 76.3 cm³/mol. The standard InChI is InChI=1S/C15H20N2O3/c1-15(16,11-7-8-11)14(20)17-12-5-3-2-4-10(12)6-9-13(18)19/h2-5,11H,6-9,16H2,1H3,(H,17,20)(H,18,19). The van der Waals surface area contributed by atoms with Gasteiger partial charge in [0.05, 0.1) is 5.54 Å². The van der Waals surface area contributed by atoms with Crippen molar-refractivity contribution in [2.75, 3.05) is 5.32 Å². The SMILES string of the molecule is CC(N)(C(=O)Nc1ccccc1CCC(=O)O)C1CC1. The maximum absolute atomic E-state index is 12.3. The number of rotatable bonds is 6. The third-order valence-corrected chi connectivity index (χ3v) is 3.79. The number of benzene rings is 1. The van der Waals surface area contributed by atoms with Gasteiger partial charge < -0.3 is 16.2 Å². The van der Waals surface area contributed by atoms with Crippen LogP contribution in [-0.2, 0) is 16.0 Å². The molecule has 1 fully saturated rings. The van der Waals surface area contributed by atoms with Crippen LogP contribution < -0.4 is 11.1 Å². The zero-order valence-electron chi connectivity index (χ0n) is 11.6. The van der Waals surface area contributed by atoms with Gasteiger partial charge in [-0.25, -0.2) is 0 Å². The van der Waals surface area contributed by atoms with Gasteiger partial charge in [0.1, 0.15) is 0 Å². The number of anilines is 1. The molecule has 0 saturated heterocycles. The fourth-order valence-corrected chi connectivity index (χ4v) is 2.23. The molecule has 1 saturated carbocycles. The van der Waals surface area contributed by atoms with Gasteiger partial charge in [-0.2, -0.15) is 0 Å². The van der Waals surface area contributed by atoms with Crippen LogP contribution in [0.1, 0.15) is 31.7 Å². The van der Waals surface area contributed by atoms with E-state index < -0.39 is 11.5 Å². The van der Waals surface area contributed by atoms with Crippen molar-refractivity contribution in [2.24, 2.45) is 11.7 Å². The van der Waals surface area contributed by atoms with Crippen molar-refractivity contribution in [2.45, 2.75) is 38.1 Å². The molecule has 0 heterocycles. The highest BCUT2D eigenvalue weighted by molar-refractivity contribution is 5.98. The summed E-state index contributed by atoms with van der Waals surface area (Å²) in [7, 11) is 0. The lowest BCUT2D eigenvalue weighted by molar-refractivity contribution is -0.137. The first kappa shape index (κ1) is 14.5. The number of carbonyl (C=O) groups excluding carboxylic acids is 1. The topological polar surface area (TPSA) is 92.4 Å². The molecule has 20 heavy (non-hydrogen) atoms. The van der Waals surface area contributed by atoms with Gasteiger partial charge in [-0.1, -0.05) is 18.2 Å². The third kappa shape index (κ3) is 3.36. The van der Waals surface area contributed by atoms with E-state index >= 15 is 0 Å². The van der Waals surface area contributed by atoms with Crippen LogP contribution >= 0.6 is 0 Å². The zero-order chi connectivity index (χ0) is 14.8. The number of carboxylic acids is 1. The van der Waals surface area contributed by atoms with Crippen LogP contribution in [-0.4, -0.2) is 22.5 Å².